The number of thiazole rings is 1. The molecule has 144 valence electrons. The molecular formula is C20H25N3O2S2. The molecule has 7 heteroatoms. The van der Waals surface area contributed by atoms with Gasteiger partial charge in [-0.05, 0) is 49.9 Å². The molecule has 1 aromatic heterocycles. The number of fused-ring (bicyclic) bond motifs is 1. The largest absolute Gasteiger partial charge is 0.300 e. The predicted molar refractivity (Wildman–Crippen MR) is 110 cm³/mol. The van der Waals surface area contributed by atoms with Crippen molar-refractivity contribution in [2.75, 3.05) is 29.7 Å². The first-order valence-corrected chi connectivity index (χ1v) is 12.4. The van der Waals surface area contributed by atoms with Crippen molar-refractivity contribution in [2.24, 2.45) is 0 Å². The molecule has 5 nitrogen and oxygen atoms in total. The number of benzene rings is 1. The maximum Gasteiger partial charge on any atom is 0.235 e. The zero-order chi connectivity index (χ0) is 18.4. The molecule has 0 radical (unpaired) electrons. The second-order valence-corrected chi connectivity index (χ2v) is 10.9. The Hall–Kier alpha value is -1.44. The molecule has 2 fully saturated rings. The molecule has 2 aromatic rings. The number of hydrogen-bond acceptors (Lipinski definition) is 5. The molecule has 2 aliphatic heterocycles. The van der Waals surface area contributed by atoms with Gasteiger partial charge in [-0.2, -0.15) is 0 Å². The number of hydrogen-bond donors (Lipinski definition) is 0. The van der Waals surface area contributed by atoms with E-state index >= 15 is 0 Å². The highest BCUT2D eigenvalue weighted by atomic mass is 32.2. The summed E-state index contributed by atoms with van der Waals surface area (Å²) in [6.45, 7) is 2.88. The lowest BCUT2D eigenvalue weighted by atomic mass is 9.91. The van der Waals surface area contributed by atoms with Gasteiger partial charge in [-0.1, -0.05) is 6.42 Å². The first kappa shape index (κ1) is 17.6. The van der Waals surface area contributed by atoms with E-state index in [1.54, 1.807) is 0 Å². The highest BCUT2D eigenvalue weighted by Gasteiger charge is 2.29. The smallest absolute Gasteiger partial charge is 0.235 e. The van der Waals surface area contributed by atoms with Gasteiger partial charge in [0.15, 0.2) is 0 Å². The monoisotopic (exact) mass is 403 g/mol. The van der Waals surface area contributed by atoms with Crippen molar-refractivity contribution in [2.45, 2.75) is 44.6 Å². The van der Waals surface area contributed by atoms with Crippen molar-refractivity contribution in [3.63, 3.8) is 0 Å². The zero-order valence-corrected chi connectivity index (χ0v) is 17.1. The molecule has 1 saturated heterocycles. The van der Waals surface area contributed by atoms with Gasteiger partial charge >= 0.3 is 0 Å². The fourth-order valence-electron chi connectivity index (χ4n) is 4.32. The number of anilines is 1. The van der Waals surface area contributed by atoms with Crippen molar-refractivity contribution in [1.29, 1.82) is 0 Å². The minimum Gasteiger partial charge on any atom is -0.300 e. The molecule has 3 heterocycles. The first-order valence-electron chi connectivity index (χ1n) is 9.94. The van der Waals surface area contributed by atoms with Gasteiger partial charge in [-0.25, -0.2) is 13.4 Å². The molecule has 0 atom stereocenters. The van der Waals surface area contributed by atoms with E-state index in [1.807, 2.05) is 35.6 Å². The van der Waals surface area contributed by atoms with E-state index in [0.29, 0.717) is 13.0 Å². The van der Waals surface area contributed by atoms with Crippen LogP contribution in [-0.2, 0) is 22.9 Å². The van der Waals surface area contributed by atoms with E-state index in [9.17, 15) is 8.42 Å². The van der Waals surface area contributed by atoms with Crippen LogP contribution in [0.1, 0.15) is 36.3 Å². The summed E-state index contributed by atoms with van der Waals surface area (Å²) in [4.78, 5) is 9.02. The molecule has 0 bridgehead atoms. The summed E-state index contributed by atoms with van der Waals surface area (Å²) < 4.78 is 25.7. The van der Waals surface area contributed by atoms with Crippen LogP contribution in [0.15, 0.2) is 24.3 Å². The maximum absolute atomic E-state index is 12.1. The molecule has 3 aliphatic rings. The van der Waals surface area contributed by atoms with Gasteiger partial charge in [0, 0.05) is 42.5 Å². The Morgan fingerprint density at radius 1 is 1.00 bits per heavy atom. The van der Waals surface area contributed by atoms with Gasteiger partial charge < -0.3 is 0 Å². The fourth-order valence-corrected chi connectivity index (χ4v) is 6.99. The van der Waals surface area contributed by atoms with E-state index < -0.39 is 10.0 Å². The standard InChI is InChI=1S/C20H25N3O2S2/c24-27(25)14-2-11-23(27)17-7-5-15(6-8-17)20-21-18-9-12-22(16-3-1-4-16)13-10-19(18)26-20/h5-8,16H,1-4,9-14H2. The normalized spacial score (nSPS) is 23.0. The van der Waals surface area contributed by atoms with Gasteiger partial charge in [-0.15, -0.1) is 11.3 Å². The third kappa shape index (κ3) is 3.30. The second kappa shape index (κ2) is 6.87. The quantitative estimate of drug-likeness (QED) is 0.789. The van der Waals surface area contributed by atoms with Crippen molar-refractivity contribution >= 4 is 27.0 Å². The predicted octanol–water partition coefficient (Wildman–Crippen LogP) is 3.30. The van der Waals surface area contributed by atoms with Crippen molar-refractivity contribution < 1.29 is 8.42 Å². The average molecular weight is 404 g/mol. The van der Waals surface area contributed by atoms with Gasteiger partial charge in [0.05, 0.1) is 17.1 Å². The molecule has 5 rings (SSSR count). The van der Waals surface area contributed by atoms with Gasteiger partial charge in [-0.3, -0.25) is 9.21 Å². The van der Waals surface area contributed by atoms with Crippen LogP contribution in [0.2, 0.25) is 0 Å². The SMILES string of the molecule is O=S1(=O)CCCN1c1ccc(-c2nc3c(s2)CCN(C2CCC2)CC3)cc1. The van der Waals surface area contributed by atoms with Crippen LogP contribution in [-0.4, -0.2) is 49.7 Å². The second-order valence-electron chi connectivity index (χ2n) is 7.80. The summed E-state index contributed by atoms with van der Waals surface area (Å²) in [5.41, 5.74) is 3.12. The molecule has 0 amide bonds. The van der Waals surface area contributed by atoms with Gasteiger partial charge in [0.25, 0.3) is 0 Å². The summed E-state index contributed by atoms with van der Waals surface area (Å²) in [5, 5.41) is 1.06. The molecule has 27 heavy (non-hydrogen) atoms. The number of nitrogens with zero attached hydrogens (tertiary/aromatic N) is 3. The Bertz CT molecular complexity index is 907. The van der Waals surface area contributed by atoms with Crippen LogP contribution in [0.4, 0.5) is 5.69 Å². The molecule has 1 aromatic carbocycles. The molecular weight excluding hydrogens is 378 g/mol. The molecule has 0 unspecified atom stereocenters. The molecule has 0 N–H and O–H groups in total. The molecule has 0 spiro atoms. The van der Waals surface area contributed by atoms with Gasteiger partial charge in [0.1, 0.15) is 5.01 Å². The van der Waals surface area contributed by atoms with Crippen molar-refractivity contribution in [1.82, 2.24) is 9.88 Å². The lowest BCUT2D eigenvalue weighted by molar-refractivity contribution is 0.133. The van der Waals surface area contributed by atoms with Crippen LogP contribution in [0.5, 0.6) is 0 Å². The minimum atomic E-state index is -3.12. The summed E-state index contributed by atoms with van der Waals surface area (Å²) in [5.74, 6) is 0.256. The van der Waals surface area contributed by atoms with E-state index in [-0.39, 0.29) is 5.75 Å². The van der Waals surface area contributed by atoms with Crippen LogP contribution < -0.4 is 4.31 Å². The van der Waals surface area contributed by atoms with Crippen LogP contribution in [0.25, 0.3) is 10.6 Å². The number of sulfonamides is 1. The number of rotatable bonds is 3. The zero-order valence-electron chi connectivity index (χ0n) is 15.4. The highest BCUT2D eigenvalue weighted by Crippen LogP contribution is 2.34. The van der Waals surface area contributed by atoms with E-state index in [2.05, 4.69) is 4.90 Å². The molecule has 1 aliphatic carbocycles. The summed E-state index contributed by atoms with van der Waals surface area (Å²) in [7, 11) is -3.12. The van der Waals surface area contributed by atoms with Crippen LogP contribution >= 0.6 is 11.3 Å². The van der Waals surface area contributed by atoms with Gasteiger partial charge in [0.2, 0.25) is 10.0 Å². The van der Waals surface area contributed by atoms with E-state index in [4.69, 9.17) is 4.98 Å². The Kier molecular flexibility index (Phi) is 4.49. The minimum absolute atomic E-state index is 0.256. The first-order chi connectivity index (χ1) is 13.1. The Morgan fingerprint density at radius 3 is 2.44 bits per heavy atom. The topological polar surface area (TPSA) is 53.5 Å². The Balaban J connectivity index is 1.33. The van der Waals surface area contributed by atoms with Crippen molar-refractivity contribution in [3.05, 3.63) is 34.8 Å². The number of aromatic nitrogens is 1. The Morgan fingerprint density at radius 2 is 1.78 bits per heavy atom. The third-order valence-electron chi connectivity index (χ3n) is 6.13. The fraction of sp³-hybridized carbons (Fsp3) is 0.550. The van der Waals surface area contributed by atoms with Crippen LogP contribution in [0.3, 0.4) is 0 Å². The maximum atomic E-state index is 12.1. The lowest BCUT2D eigenvalue weighted by Gasteiger charge is -2.36. The van der Waals surface area contributed by atoms with Crippen molar-refractivity contribution in [3.8, 4) is 10.6 Å². The summed E-state index contributed by atoms with van der Waals surface area (Å²) >= 11 is 1.81. The summed E-state index contributed by atoms with van der Waals surface area (Å²) in [6, 6.07) is 8.68. The third-order valence-corrected chi connectivity index (χ3v) is 9.21. The molecule has 1 saturated carbocycles. The highest BCUT2D eigenvalue weighted by molar-refractivity contribution is 7.93. The summed E-state index contributed by atoms with van der Waals surface area (Å²) in [6.07, 6.45) is 6.98. The average Bonchev–Trinajstić information content (AvgIpc) is 3.13. The van der Waals surface area contributed by atoms with E-state index in [1.165, 1.54) is 34.1 Å². The van der Waals surface area contributed by atoms with Crippen LogP contribution in [0, 0.1) is 0 Å². The van der Waals surface area contributed by atoms with E-state index in [0.717, 1.165) is 48.2 Å². The Labute approximate surface area is 165 Å². The lowest BCUT2D eigenvalue weighted by Crippen LogP contribution is -2.41.